The minimum absolute atomic E-state index is 0.106. The molecule has 3 nitrogen and oxygen atoms in total. The fraction of sp³-hybridized carbons (Fsp3) is 0.350. The first-order valence-electron chi connectivity index (χ1n) is 8.49. The normalized spacial score (nSPS) is 17.5. The highest BCUT2D eigenvalue weighted by atomic mass is 19.1. The van der Waals surface area contributed by atoms with Crippen molar-refractivity contribution < 1.29 is 9.18 Å². The van der Waals surface area contributed by atoms with Gasteiger partial charge >= 0.3 is 0 Å². The minimum atomic E-state index is -0.479. The van der Waals surface area contributed by atoms with Crippen LogP contribution in [0.1, 0.15) is 28.8 Å². The van der Waals surface area contributed by atoms with Crippen LogP contribution in [-0.2, 0) is 0 Å². The summed E-state index contributed by atoms with van der Waals surface area (Å²) in [6, 6.07) is 12.7. The highest BCUT2D eigenvalue weighted by Crippen LogP contribution is 2.22. The van der Waals surface area contributed by atoms with Crippen LogP contribution in [-0.4, -0.2) is 25.5 Å². The summed E-state index contributed by atoms with van der Waals surface area (Å²) >= 11 is 0. The predicted octanol–water partition coefficient (Wildman–Crippen LogP) is 3.53. The summed E-state index contributed by atoms with van der Waals surface area (Å²) in [4.78, 5) is 12.2. The zero-order valence-corrected chi connectivity index (χ0v) is 13.9. The Morgan fingerprint density at radius 3 is 2.62 bits per heavy atom. The molecule has 3 rings (SSSR count). The molecule has 2 N–H and O–H groups in total. The minimum Gasteiger partial charge on any atom is -0.352 e. The highest BCUT2D eigenvalue weighted by molar-refractivity contribution is 5.95. The van der Waals surface area contributed by atoms with E-state index < -0.39 is 5.82 Å². The summed E-state index contributed by atoms with van der Waals surface area (Å²) in [5.41, 5.74) is 2.99. The second-order valence-corrected chi connectivity index (χ2v) is 6.48. The van der Waals surface area contributed by atoms with Gasteiger partial charge in [0.2, 0.25) is 0 Å². The Balaban J connectivity index is 1.67. The molecule has 1 amide bonds. The summed E-state index contributed by atoms with van der Waals surface area (Å²) in [6.07, 6.45) is 2.22. The molecule has 1 heterocycles. The number of amides is 1. The smallest absolute Gasteiger partial charge is 0.254 e. The van der Waals surface area contributed by atoms with Gasteiger partial charge in [0.25, 0.3) is 5.91 Å². The molecular formula is C20H23FN2O. The second kappa shape index (κ2) is 7.58. The van der Waals surface area contributed by atoms with E-state index in [4.69, 9.17) is 0 Å². The van der Waals surface area contributed by atoms with Gasteiger partial charge in [-0.05, 0) is 62.0 Å². The lowest BCUT2D eigenvalue weighted by Crippen LogP contribution is -2.38. The molecule has 0 saturated carbocycles. The van der Waals surface area contributed by atoms with E-state index in [1.807, 2.05) is 31.2 Å². The van der Waals surface area contributed by atoms with Crippen LogP contribution >= 0.6 is 0 Å². The van der Waals surface area contributed by atoms with E-state index in [9.17, 15) is 9.18 Å². The molecule has 2 aromatic rings. The third-order valence-corrected chi connectivity index (χ3v) is 4.55. The second-order valence-electron chi connectivity index (χ2n) is 6.48. The Morgan fingerprint density at radius 1 is 1.21 bits per heavy atom. The summed E-state index contributed by atoms with van der Waals surface area (Å²) < 4.78 is 14.4. The number of halogens is 1. The van der Waals surface area contributed by atoms with Gasteiger partial charge in [-0.3, -0.25) is 4.79 Å². The summed E-state index contributed by atoms with van der Waals surface area (Å²) in [7, 11) is 0. The third kappa shape index (κ3) is 4.01. The largest absolute Gasteiger partial charge is 0.352 e. The van der Waals surface area contributed by atoms with Gasteiger partial charge in [0.15, 0.2) is 0 Å². The Kier molecular flexibility index (Phi) is 5.26. The summed E-state index contributed by atoms with van der Waals surface area (Å²) in [6.45, 7) is 4.55. The van der Waals surface area contributed by atoms with E-state index >= 15 is 0 Å². The van der Waals surface area contributed by atoms with Crippen molar-refractivity contribution in [2.75, 3.05) is 19.6 Å². The van der Waals surface area contributed by atoms with Crippen molar-refractivity contribution in [2.45, 2.75) is 19.8 Å². The monoisotopic (exact) mass is 326 g/mol. The molecule has 1 saturated heterocycles. The standard InChI is InChI=1S/C20H23FN2O/c1-14-4-6-16(7-5-14)17-8-9-18(19(21)11-17)20(24)23-13-15-3-2-10-22-12-15/h4-9,11,15,22H,2-3,10,12-13H2,1H3,(H,23,24). The zero-order chi connectivity index (χ0) is 16.9. The molecule has 0 spiro atoms. The van der Waals surface area contributed by atoms with Gasteiger partial charge in [-0.25, -0.2) is 4.39 Å². The van der Waals surface area contributed by atoms with Crippen LogP contribution in [0.2, 0.25) is 0 Å². The fourth-order valence-electron chi connectivity index (χ4n) is 3.06. The van der Waals surface area contributed by atoms with E-state index in [2.05, 4.69) is 10.6 Å². The maximum absolute atomic E-state index is 14.4. The molecule has 126 valence electrons. The van der Waals surface area contributed by atoms with Crippen molar-refractivity contribution in [1.29, 1.82) is 0 Å². The predicted molar refractivity (Wildman–Crippen MR) is 94.5 cm³/mol. The Morgan fingerprint density at radius 2 is 1.96 bits per heavy atom. The molecule has 0 aromatic heterocycles. The Labute approximate surface area is 142 Å². The number of aryl methyl sites for hydroxylation is 1. The number of carbonyl (C=O) groups excluding carboxylic acids is 1. The number of carbonyl (C=O) groups is 1. The summed E-state index contributed by atoms with van der Waals surface area (Å²) in [5.74, 6) is -0.390. The van der Waals surface area contributed by atoms with Crippen molar-refractivity contribution >= 4 is 5.91 Å². The highest BCUT2D eigenvalue weighted by Gasteiger charge is 2.16. The molecule has 1 aliphatic heterocycles. The van der Waals surface area contributed by atoms with Crippen LogP contribution < -0.4 is 10.6 Å². The first kappa shape index (κ1) is 16.7. The van der Waals surface area contributed by atoms with E-state index in [0.29, 0.717) is 12.5 Å². The van der Waals surface area contributed by atoms with Gasteiger partial charge < -0.3 is 10.6 Å². The number of benzene rings is 2. The van der Waals surface area contributed by atoms with E-state index in [0.717, 1.165) is 42.6 Å². The van der Waals surface area contributed by atoms with E-state index in [-0.39, 0.29) is 11.5 Å². The topological polar surface area (TPSA) is 41.1 Å². The molecular weight excluding hydrogens is 303 g/mol. The first-order valence-corrected chi connectivity index (χ1v) is 8.49. The molecule has 0 radical (unpaired) electrons. The number of piperidine rings is 1. The lowest BCUT2D eigenvalue weighted by atomic mass is 9.99. The molecule has 24 heavy (non-hydrogen) atoms. The van der Waals surface area contributed by atoms with Crippen LogP contribution in [0.4, 0.5) is 4.39 Å². The molecule has 0 bridgehead atoms. The van der Waals surface area contributed by atoms with Crippen LogP contribution in [0.25, 0.3) is 11.1 Å². The van der Waals surface area contributed by atoms with Gasteiger partial charge in [-0.15, -0.1) is 0 Å². The number of hydrogen-bond acceptors (Lipinski definition) is 2. The molecule has 1 atom stereocenters. The third-order valence-electron chi connectivity index (χ3n) is 4.55. The van der Waals surface area contributed by atoms with Crippen molar-refractivity contribution in [3.05, 3.63) is 59.4 Å². The average molecular weight is 326 g/mol. The Bertz CT molecular complexity index is 706. The molecule has 4 heteroatoms. The van der Waals surface area contributed by atoms with Crippen LogP contribution in [0.3, 0.4) is 0 Å². The van der Waals surface area contributed by atoms with Crippen molar-refractivity contribution in [3.8, 4) is 11.1 Å². The quantitative estimate of drug-likeness (QED) is 0.902. The molecule has 2 aromatic carbocycles. The fourth-order valence-corrected chi connectivity index (χ4v) is 3.06. The van der Waals surface area contributed by atoms with Crippen LogP contribution in [0.5, 0.6) is 0 Å². The van der Waals surface area contributed by atoms with Crippen LogP contribution in [0.15, 0.2) is 42.5 Å². The maximum Gasteiger partial charge on any atom is 0.254 e. The SMILES string of the molecule is Cc1ccc(-c2ccc(C(=O)NCC3CCCNC3)c(F)c2)cc1. The van der Waals surface area contributed by atoms with Crippen molar-refractivity contribution in [3.63, 3.8) is 0 Å². The summed E-state index contributed by atoms with van der Waals surface area (Å²) in [5, 5.41) is 6.17. The average Bonchev–Trinajstić information content (AvgIpc) is 2.61. The van der Waals surface area contributed by atoms with Gasteiger partial charge in [0, 0.05) is 6.54 Å². The lowest BCUT2D eigenvalue weighted by Gasteiger charge is -2.22. The molecule has 1 fully saturated rings. The van der Waals surface area contributed by atoms with E-state index in [1.165, 1.54) is 6.07 Å². The van der Waals surface area contributed by atoms with E-state index in [1.54, 1.807) is 12.1 Å². The lowest BCUT2D eigenvalue weighted by molar-refractivity contribution is 0.0941. The number of hydrogen-bond donors (Lipinski definition) is 2. The first-order chi connectivity index (χ1) is 11.6. The number of nitrogens with one attached hydrogen (secondary N) is 2. The Hall–Kier alpha value is -2.20. The number of rotatable bonds is 4. The maximum atomic E-state index is 14.4. The van der Waals surface area contributed by atoms with Gasteiger partial charge in [0.05, 0.1) is 5.56 Å². The van der Waals surface area contributed by atoms with Gasteiger partial charge in [-0.1, -0.05) is 35.9 Å². The van der Waals surface area contributed by atoms with Crippen molar-refractivity contribution in [1.82, 2.24) is 10.6 Å². The van der Waals surface area contributed by atoms with Crippen molar-refractivity contribution in [2.24, 2.45) is 5.92 Å². The van der Waals surface area contributed by atoms with Crippen LogP contribution in [0, 0.1) is 18.7 Å². The van der Waals surface area contributed by atoms with Gasteiger partial charge in [0.1, 0.15) is 5.82 Å². The molecule has 1 unspecified atom stereocenters. The zero-order valence-electron chi connectivity index (χ0n) is 13.9. The molecule has 0 aliphatic carbocycles. The van der Waals surface area contributed by atoms with Gasteiger partial charge in [-0.2, -0.15) is 0 Å². The molecule has 1 aliphatic rings.